The van der Waals surface area contributed by atoms with E-state index in [0.717, 1.165) is 5.56 Å². The molecule has 0 bridgehead atoms. The molecule has 0 atom stereocenters. The van der Waals surface area contributed by atoms with Crippen LogP contribution in [-0.4, -0.2) is 22.2 Å². The summed E-state index contributed by atoms with van der Waals surface area (Å²) in [5.74, 6) is 0.567. The van der Waals surface area contributed by atoms with Gasteiger partial charge in [0.1, 0.15) is 5.82 Å². The number of amides is 1. The number of anilines is 1. The van der Waals surface area contributed by atoms with Gasteiger partial charge in [0, 0.05) is 26.1 Å². The molecule has 76 valence electrons. The first kappa shape index (κ1) is 10.3. The van der Waals surface area contributed by atoms with Gasteiger partial charge in [-0.2, -0.15) is 5.10 Å². The molecule has 0 aliphatic heterocycles. The molecule has 14 heavy (non-hydrogen) atoms. The van der Waals surface area contributed by atoms with Crippen molar-refractivity contribution in [2.75, 3.05) is 12.3 Å². The first-order valence-electron chi connectivity index (χ1n) is 4.29. The van der Waals surface area contributed by atoms with Crippen LogP contribution in [0.25, 0.3) is 6.08 Å². The third kappa shape index (κ3) is 2.62. The molecule has 0 saturated heterocycles. The Balaban J connectivity index is 2.52. The van der Waals surface area contributed by atoms with Crippen molar-refractivity contribution in [1.29, 1.82) is 0 Å². The molecule has 0 spiro atoms. The van der Waals surface area contributed by atoms with Gasteiger partial charge in [-0.3, -0.25) is 9.48 Å². The second-order valence-corrected chi connectivity index (χ2v) is 2.95. The molecule has 0 radical (unpaired) electrons. The van der Waals surface area contributed by atoms with E-state index in [4.69, 9.17) is 5.73 Å². The molecule has 0 aliphatic carbocycles. The zero-order valence-electron chi connectivity index (χ0n) is 8.32. The van der Waals surface area contributed by atoms with Gasteiger partial charge in [0.05, 0.1) is 6.20 Å². The van der Waals surface area contributed by atoms with Crippen molar-refractivity contribution < 1.29 is 4.79 Å². The van der Waals surface area contributed by atoms with Gasteiger partial charge in [-0.15, -0.1) is 0 Å². The second-order valence-electron chi connectivity index (χ2n) is 2.95. The van der Waals surface area contributed by atoms with Gasteiger partial charge in [-0.25, -0.2) is 0 Å². The van der Waals surface area contributed by atoms with Crippen LogP contribution in [-0.2, 0) is 11.8 Å². The van der Waals surface area contributed by atoms with Gasteiger partial charge >= 0.3 is 0 Å². The van der Waals surface area contributed by atoms with E-state index in [1.807, 2.05) is 12.2 Å². The molecule has 1 rings (SSSR count). The number of nitrogens with one attached hydrogen (secondary N) is 1. The topological polar surface area (TPSA) is 72.9 Å². The van der Waals surface area contributed by atoms with Crippen molar-refractivity contribution in [2.45, 2.75) is 6.92 Å². The highest BCUT2D eigenvalue weighted by Crippen LogP contribution is 2.10. The third-order valence-electron chi connectivity index (χ3n) is 1.78. The molecule has 0 aliphatic rings. The smallest absolute Gasteiger partial charge is 0.217 e. The lowest BCUT2D eigenvalue weighted by Crippen LogP contribution is -2.19. The first-order chi connectivity index (χ1) is 6.61. The Labute approximate surface area is 82.6 Å². The van der Waals surface area contributed by atoms with Crippen LogP contribution in [0.1, 0.15) is 12.5 Å². The number of carbonyl (C=O) groups is 1. The molecule has 1 heterocycles. The predicted molar refractivity (Wildman–Crippen MR) is 55.3 cm³/mol. The van der Waals surface area contributed by atoms with Crippen LogP contribution >= 0.6 is 0 Å². The average molecular weight is 194 g/mol. The Morgan fingerprint density at radius 2 is 2.50 bits per heavy atom. The summed E-state index contributed by atoms with van der Waals surface area (Å²) in [4.78, 5) is 10.5. The summed E-state index contributed by atoms with van der Waals surface area (Å²) in [6, 6.07) is 0. The standard InChI is InChI=1S/C9H14N4O/c1-7(14)11-5-3-4-8-6-12-13(2)9(8)10/h3-4,6H,5,10H2,1-2H3,(H,11,14). The second kappa shape index (κ2) is 4.45. The number of hydrogen-bond acceptors (Lipinski definition) is 3. The SMILES string of the molecule is CC(=O)NCC=Cc1cnn(C)c1N. The van der Waals surface area contributed by atoms with E-state index in [-0.39, 0.29) is 5.91 Å². The van der Waals surface area contributed by atoms with E-state index in [0.29, 0.717) is 12.4 Å². The fourth-order valence-electron chi connectivity index (χ4n) is 0.981. The van der Waals surface area contributed by atoms with E-state index < -0.39 is 0 Å². The fraction of sp³-hybridized carbons (Fsp3) is 0.333. The number of hydrogen-bond donors (Lipinski definition) is 2. The Morgan fingerprint density at radius 1 is 1.79 bits per heavy atom. The van der Waals surface area contributed by atoms with Crippen LogP contribution in [0.5, 0.6) is 0 Å². The van der Waals surface area contributed by atoms with Crippen molar-refractivity contribution in [3.63, 3.8) is 0 Å². The largest absolute Gasteiger partial charge is 0.383 e. The molecule has 0 aromatic carbocycles. The van der Waals surface area contributed by atoms with Crippen LogP contribution < -0.4 is 11.1 Å². The number of aryl methyl sites for hydroxylation is 1. The van der Waals surface area contributed by atoms with Gasteiger partial charge in [-0.05, 0) is 0 Å². The van der Waals surface area contributed by atoms with Crippen LogP contribution in [0.3, 0.4) is 0 Å². The highest BCUT2D eigenvalue weighted by atomic mass is 16.1. The third-order valence-corrected chi connectivity index (χ3v) is 1.78. The lowest BCUT2D eigenvalue weighted by molar-refractivity contribution is -0.118. The Bertz CT molecular complexity index is 354. The maximum atomic E-state index is 10.5. The van der Waals surface area contributed by atoms with Crippen molar-refractivity contribution in [3.05, 3.63) is 17.8 Å². The zero-order valence-corrected chi connectivity index (χ0v) is 8.32. The predicted octanol–water partition coefficient (Wildman–Crippen LogP) is 0.152. The van der Waals surface area contributed by atoms with Crippen molar-refractivity contribution >= 4 is 17.8 Å². The summed E-state index contributed by atoms with van der Waals surface area (Å²) in [5.41, 5.74) is 6.57. The molecular weight excluding hydrogens is 180 g/mol. The van der Waals surface area contributed by atoms with Gasteiger partial charge in [0.2, 0.25) is 5.91 Å². The zero-order chi connectivity index (χ0) is 10.6. The number of nitrogens with zero attached hydrogens (tertiary/aromatic N) is 2. The number of nitrogens with two attached hydrogens (primary N) is 1. The summed E-state index contributed by atoms with van der Waals surface area (Å²) in [6.07, 6.45) is 5.34. The van der Waals surface area contributed by atoms with Gasteiger partial charge in [0.25, 0.3) is 0 Å². The number of rotatable bonds is 3. The molecule has 1 amide bonds. The van der Waals surface area contributed by atoms with E-state index in [1.165, 1.54) is 6.92 Å². The summed E-state index contributed by atoms with van der Waals surface area (Å²) in [6.45, 7) is 1.98. The maximum Gasteiger partial charge on any atom is 0.217 e. The minimum Gasteiger partial charge on any atom is -0.383 e. The fourth-order valence-corrected chi connectivity index (χ4v) is 0.981. The minimum atomic E-state index is -0.0474. The Morgan fingerprint density at radius 3 is 3.00 bits per heavy atom. The van der Waals surface area contributed by atoms with E-state index in [9.17, 15) is 4.79 Å². The van der Waals surface area contributed by atoms with Crippen molar-refractivity contribution in [3.8, 4) is 0 Å². The van der Waals surface area contributed by atoms with Gasteiger partial charge in [-0.1, -0.05) is 12.2 Å². The molecule has 0 saturated carbocycles. The van der Waals surface area contributed by atoms with Crippen LogP contribution in [0, 0.1) is 0 Å². The van der Waals surface area contributed by atoms with Crippen LogP contribution in [0.4, 0.5) is 5.82 Å². The quantitative estimate of drug-likeness (QED) is 0.719. The molecule has 0 unspecified atom stereocenters. The maximum absolute atomic E-state index is 10.5. The van der Waals surface area contributed by atoms with Gasteiger partial charge in [0.15, 0.2) is 0 Å². The summed E-state index contributed by atoms with van der Waals surface area (Å²) >= 11 is 0. The minimum absolute atomic E-state index is 0.0474. The number of carbonyl (C=O) groups excluding carboxylic acids is 1. The van der Waals surface area contributed by atoms with E-state index in [2.05, 4.69) is 10.4 Å². The van der Waals surface area contributed by atoms with E-state index in [1.54, 1.807) is 17.9 Å². The number of nitrogen functional groups attached to an aromatic ring is 1. The lowest BCUT2D eigenvalue weighted by atomic mass is 10.3. The normalized spacial score (nSPS) is 10.7. The van der Waals surface area contributed by atoms with Crippen molar-refractivity contribution in [1.82, 2.24) is 15.1 Å². The van der Waals surface area contributed by atoms with E-state index >= 15 is 0 Å². The molecular formula is C9H14N4O. The van der Waals surface area contributed by atoms with Crippen LogP contribution in [0.2, 0.25) is 0 Å². The number of aromatic nitrogens is 2. The Hall–Kier alpha value is -1.78. The average Bonchev–Trinajstić information content (AvgIpc) is 2.43. The molecule has 5 heteroatoms. The molecule has 5 nitrogen and oxygen atoms in total. The highest BCUT2D eigenvalue weighted by Gasteiger charge is 1.98. The molecule has 1 aromatic rings. The molecule has 1 aromatic heterocycles. The first-order valence-corrected chi connectivity index (χ1v) is 4.29. The Kier molecular flexibility index (Phi) is 3.28. The van der Waals surface area contributed by atoms with Gasteiger partial charge < -0.3 is 11.1 Å². The van der Waals surface area contributed by atoms with Crippen molar-refractivity contribution in [2.24, 2.45) is 7.05 Å². The van der Waals surface area contributed by atoms with Crippen LogP contribution in [0.15, 0.2) is 12.3 Å². The molecule has 3 N–H and O–H groups in total. The lowest BCUT2D eigenvalue weighted by Gasteiger charge is -1.95. The monoisotopic (exact) mass is 194 g/mol. The highest BCUT2D eigenvalue weighted by molar-refractivity contribution is 5.73. The molecule has 0 fully saturated rings. The summed E-state index contributed by atoms with van der Waals surface area (Å²) in [5, 5.41) is 6.63. The summed E-state index contributed by atoms with van der Waals surface area (Å²) in [7, 11) is 1.78. The summed E-state index contributed by atoms with van der Waals surface area (Å²) < 4.78 is 1.60.